The van der Waals surface area contributed by atoms with Gasteiger partial charge in [-0.25, -0.2) is 0 Å². The minimum atomic E-state index is -0.0943. The Bertz CT molecular complexity index is 1000. The number of amides is 1. The zero-order chi connectivity index (χ0) is 17.2. The van der Waals surface area contributed by atoms with E-state index in [1.807, 2.05) is 79.0 Å². The highest BCUT2D eigenvalue weighted by atomic mass is 35.5. The first-order chi connectivity index (χ1) is 12.2. The molecular weight excluding hydrogens is 332 g/mol. The summed E-state index contributed by atoms with van der Waals surface area (Å²) >= 11 is 6.22. The number of anilines is 1. The van der Waals surface area contributed by atoms with Gasteiger partial charge < -0.3 is 10.3 Å². The van der Waals surface area contributed by atoms with Crippen molar-refractivity contribution in [2.75, 3.05) is 5.32 Å². The van der Waals surface area contributed by atoms with Gasteiger partial charge in [-0.3, -0.25) is 4.79 Å². The van der Waals surface area contributed by atoms with Gasteiger partial charge in [0.2, 0.25) is 0 Å². The van der Waals surface area contributed by atoms with Crippen LogP contribution in [0.3, 0.4) is 0 Å². The van der Waals surface area contributed by atoms with Gasteiger partial charge in [0.25, 0.3) is 5.91 Å². The zero-order valence-electron chi connectivity index (χ0n) is 13.3. The van der Waals surface area contributed by atoms with Gasteiger partial charge in [-0.1, -0.05) is 54.1 Å². The lowest BCUT2D eigenvalue weighted by Crippen LogP contribution is -2.03. The Balaban J connectivity index is 1.78. The fraction of sp³-hybridized carbons (Fsp3) is 0. The summed E-state index contributed by atoms with van der Waals surface area (Å²) in [5, 5.41) is 3.63. The molecule has 0 spiro atoms. The third kappa shape index (κ3) is 3.02. The van der Waals surface area contributed by atoms with Gasteiger partial charge in [-0.05, 0) is 41.5 Å². The van der Waals surface area contributed by atoms with Crippen molar-refractivity contribution in [1.29, 1.82) is 0 Å². The van der Waals surface area contributed by atoms with Gasteiger partial charge in [-0.15, -0.1) is 0 Å². The second kappa shape index (κ2) is 6.46. The molecule has 0 fully saturated rings. The van der Waals surface area contributed by atoms with E-state index < -0.39 is 0 Å². The second-order valence-corrected chi connectivity index (χ2v) is 6.17. The van der Waals surface area contributed by atoms with Gasteiger partial charge >= 0.3 is 0 Å². The van der Waals surface area contributed by atoms with E-state index in [1.54, 1.807) is 0 Å². The quantitative estimate of drug-likeness (QED) is 0.488. The molecule has 25 heavy (non-hydrogen) atoms. The number of fused-ring (bicyclic) bond motifs is 1. The van der Waals surface area contributed by atoms with Crippen molar-refractivity contribution in [1.82, 2.24) is 4.98 Å². The SMILES string of the molecule is O=C1Nc2cccc(C=Cc3ccccc3Cl)c2C1=Cc1ccc[nH]1. The molecule has 2 aromatic carbocycles. The Kier molecular flexibility index (Phi) is 4.00. The van der Waals surface area contributed by atoms with Crippen LogP contribution in [0.1, 0.15) is 22.4 Å². The predicted octanol–water partition coefficient (Wildman–Crippen LogP) is 5.33. The number of carbonyl (C=O) groups is 1. The molecule has 2 heterocycles. The summed E-state index contributed by atoms with van der Waals surface area (Å²) in [4.78, 5) is 15.5. The Hall–Kier alpha value is -3.04. The lowest BCUT2D eigenvalue weighted by Gasteiger charge is -2.04. The molecule has 4 rings (SSSR count). The van der Waals surface area contributed by atoms with Crippen LogP contribution in [0.25, 0.3) is 23.8 Å². The number of rotatable bonds is 3. The van der Waals surface area contributed by atoms with E-state index in [2.05, 4.69) is 10.3 Å². The number of aromatic amines is 1. The molecule has 1 aromatic heterocycles. The van der Waals surface area contributed by atoms with E-state index in [0.717, 1.165) is 28.1 Å². The Labute approximate surface area is 150 Å². The summed E-state index contributed by atoms with van der Waals surface area (Å²) in [6.07, 6.45) is 7.66. The topological polar surface area (TPSA) is 44.9 Å². The first-order valence-corrected chi connectivity index (χ1v) is 8.32. The standard InChI is InChI=1S/C21H15ClN2O/c22-18-8-2-1-5-14(18)10-11-15-6-3-9-19-20(15)17(21(25)24-19)13-16-7-4-12-23-16/h1-13,23H,(H,24,25). The summed E-state index contributed by atoms with van der Waals surface area (Å²) < 4.78 is 0. The van der Waals surface area contributed by atoms with Crippen LogP contribution in [0.15, 0.2) is 60.8 Å². The van der Waals surface area contributed by atoms with Gasteiger partial charge in [-0.2, -0.15) is 0 Å². The zero-order valence-corrected chi connectivity index (χ0v) is 14.0. The van der Waals surface area contributed by atoms with Crippen LogP contribution in [-0.4, -0.2) is 10.9 Å². The average molecular weight is 347 g/mol. The molecule has 1 aliphatic heterocycles. The molecule has 2 N–H and O–H groups in total. The molecule has 0 saturated heterocycles. The summed E-state index contributed by atoms with van der Waals surface area (Å²) in [6, 6.07) is 17.3. The number of benzene rings is 2. The summed E-state index contributed by atoms with van der Waals surface area (Å²) in [5.41, 5.74) is 5.18. The molecule has 0 bridgehead atoms. The molecule has 3 nitrogen and oxygen atoms in total. The van der Waals surface area contributed by atoms with Crippen molar-refractivity contribution >= 4 is 47.0 Å². The van der Waals surface area contributed by atoms with Crippen molar-refractivity contribution < 1.29 is 4.79 Å². The van der Waals surface area contributed by atoms with E-state index in [1.165, 1.54) is 0 Å². The first kappa shape index (κ1) is 15.5. The number of halogens is 1. The van der Waals surface area contributed by atoms with Gasteiger partial charge in [0.1, 0.15) is 0 Å². The smallest absolute Gasteiger partial charge is 0.256 e. The largest absolute Gasteiger partial charge is 0.362 e. The number of carbonyl (C=O) groups excluding carboxylic acids is 1. The summed E-state index contributed by atoms with van der Waals surface area (Å²) in [7, 11) is 0. The fourth-order valence-electron chi connectivity index (χ4n) is 2.93. The van der Waals surface area contributed by atoms with E-state index >= 15 is 0 Å². The number of H-pyrrole nitrogens is 1. The Morgan fingerprint density at radius 2 is 1.68 bits per heavy atom. The summed E-state index contributed by atoms with van der Waals surface area (Å²) in [5.74, 6) is -0.0943. The van der Waals surface area contributed by atoms with E-state index in [-0.39, 0.29) is 5.91 Å². The predicted molar refractivity (Wildman–Crippen MR) is 104 cm³/mol. The van der Waals surface area contributed by atoms with Gasteiger partial charge in [0, 0.05) is 28.2 Å². The van der Waals surface area contributed by atoms with Crippen LogP contribution in [0.2, 0.25) is 5.02 Å². The molecule has 3 aromatic rings. The molecule has 0 radical (unpaired) electrons. The molecule has 0 saturated carbocycles. The highest BCUT2D eigenvalue weighted by Crippen LogP contribution is 2.36. The maximum absolute atomic E-state index is 12.4. The Morgan fingerprint density at radius 3 is 2.48 bits per heavy atom. The van der Waals surface area contributed by atoms with E-state index in [9.17, 15) is 4.79 Å². The molecule has 1 amide bonds. The average Bonchev–Trinajstić information content (AvgIpc) is 3.23. The lowest BCUT2D eigenvalue weighted by atomic mass is 9.98. The molecule has 4 heteroatoms. The van der Waals surface area contributed by atoms with Crippen molar-refractivity contribution in [2.45, 2.75) is 0 Å². The monoisotopic (exact) mass is 346 g/mol. The highest BCUT2D eigenvalue weighted by Gasteiger charge is 2.26. The molecule has 0 atom stereocenters. The van der Waals surface area contributed by atoms with Crippen LogP contribution < -0.4 is 5.32 Å². The number of aromatic nitrogens is 1. The fourth-order valence-corrected chi connectivity index (χ4v) is 3.13. The third-order valence-electron chi connectivity index (χ3n) is 4.13. The van der Waals surface area contributed by atoms with Crippen LogP contribution in [0, 0.1) is 0 Å². The molecule has 1 aliphatic rings. The van der Waals surface area contributed by atoms with Crippen LogP contribution in [0.4, 0.5) is 5.69 Å². The lowest BCUT2D eigenvalue weighted by molar-refractivity contribution is -0.110. The summed E-state index contributed by atoms with van der Waals surface area (Å²) in [6.45, 7) is 0. The third-order valence-corrected chi connectivity index (χ3v) is 4.47. The van der Waals surface area contributed by atoms with Gasteiger partial charge in [0.05, 0.1) is 5.57 Å². The number of nitrogens with one attached hydrogen (secondary N) is 2. The minimum absolute atomic E-state index is 0.0943. The maximum Gasteiger partial charge on any atom is 0.256 e. The molecule has 0 aliphatic carbocycles. The van der Waals surface area contributed by atoms with Gasteiger partial charge in [0.15, 0.2) is 0 Å². The molecular formula is C21H15ClN2O. The van der Waals surface area contributed by atoms with E-state index in [4.69, 9.17) is 11.6 Å². The van der Waals surface area contributed by atoms with Crippen molar-refractivity contribution in [3.63, 3.8) is 0 Å². The first-order valence-electron chi connectivity index (χ1n) is 7.95. The molecule has 122 valence electrons. The second-order valence-electron chi connectivity index (χ2n) is 5.76. The van der Waals surface area contributed by atoms with Crippen LogP contribution in [-0.2, 0) is 4.79 Å². The number of hydrogen-bond acceptors (Lipinski definition) is 1. The number of hydrogen-bond donors (Lipinski definition) is 2. The van der Waals surface area contributed by atoms with Crippen molar-refractivity contribution in [3.8, 4) is 0 Å². The Morgan fingerprint density at radius 1 is 0.880 bits per heavy atom. The van der Waals surface area contributed by atoms with Crippen molar-refractivity contribution in [2.24, 2.45) is 0 Å². The molecule has 0 unspecified atom stereocenters. The van der Waals surface area contributed by atoms with Crippen LogP contribution >= 0.6 is 11.6 Å². The minimum Gasteiger partial charge on any atom is -0.362 e. The van der Waals surface area contributed by atoms with Crippen LogP contribution in [0.5, 0.6) is 0 Å². The maximum atomic E-state index is 12.4. The highest BCUT2D eigenvalue weighted by molar-refractivity contribution is 6.35. The van der Waals surface area contributed by atoms with E-state index in [0.29, 0.717) is 10.6 Å². The van der Waals surface area contributed by atoms with Crippen molar-refractivity contribution in [3.05, 3.63) is 88.2 Å². The normalized spacial score (nSPS) is 14.9.